The largest absolute Gasteiger partial charge is 0.311 e. The minimum atomic E-state index is -0.0720. The SMILES string of the molecule is CC(C)(C)CC(=O)Nc1ccnc(Cl)n1. The molecule has 0 saturated carbocycles. The van der Waals surface area contributed by atoms with Gasteiger partial charge in [-0.1, -0.05) is 20.8 Å². The molecule has 1 aromatic heterocycles. The first kappa shape index (κ1) is 11.9. The number of halogens is 1. The number of rotatable bonds is 2. The number of aromatic nitrogens is 2. The lowest BCUT2D eigenvalue weighted by Crippen LogP contribution is -2.20. The predicted molar refractivity (Wildman–Crippen MR) is 59.7 cm³/mol. The van der Waals surface area contributed by atoms with Crippen molar-refractivity contribution in [3.05, 3.63) is 17.5 Å². The van der Waals surface area contributed by atoms with E-state index in [0.29, 0.717) is 12.2 Å². The molecule has 4 nitrogen and oxygen atoms in total. The summed E-state index contributed by atoms with van der Waals surface area (Å²) in [5.74, 6) is 0.363. The second kappa shape index (κ2) is 4.57. The zero-order chi connectivity index (χ0) is 11.5. The van der Waals surface area contributed by atoms with Crippen LogP contribution in [-0.4, -0.2) is 15.9 Å². The van der Waals surface area contributed by atoms with Gasteiger partial charge in [-0.3, -0.25) is 4.79 Å². The topological polar surface area (TPSA) is 54.9 Å². The molecule has 82 valence electrons. The van der Waals surface area contributed by atoms with Crippen LogP contribution in [0.15, 0.2) is 12.3 Å². The van der Waals surface area contributed by atoms with Crippen molar-refractivity contribution in [2.75, 3.05) is 5.32 Å². The van der Waals surface area contributed by atoms with Gasteiger partial charge < -0.3 is 5.32 Å². The molecule has 1 amide bonds. The number of amides is 1. The highest BCUT2D eigenvalue weighted by Crippen LogP contribution is 2.19. The Hall–Kier alpha value is -1.16. The summed E-state index contributed by atoms with van der Waals surface area (Å²) in [4.78, 5) is 19.1. The minimum absolute atomic E-state index is 0.0408. The van der Waals surface area contributed by atoms with Crippen molar-refractivity contribution in [2.24, 2.45) is 5.41 Å². The Labute approximate surface area is 94.1 Å². The zero-order valence-corrected chi connectivity index (χ0v) is 9.80. The van der Waals surface area contributed by atoms with E-state index in [1.807, 2.05) is 20.8 Å². The fraction of sp³-hybridized carbons (Fsp3) is 0.500. The van der Waals surface area contributed by atoms with E-state index in [1.54, 1.807) is 6.07 Å². The van der Waals surface area contributed by atoms with Crippen molar-refractivity contribution in [1.82, 2.24) is 9.97 Å². The summed E-state index contributed by atoms with van der Waals surface area (Å²) in [7, 11) is 0. The summed E-state index contributed by atoms with van der Waals surface area (Å²) >= 11 is 5.59. The molecule has 1 heterocycles. The third-order valence-corrected chi connectivity index (χ3v) is 1.77. The fourth-order valence-corrected chi connectivity index (χ4v) is 1.22. The summed E-state index contributed by atoms with van der Waals surface area (Å²) in [5.41, 5.74) is -0.0408. The van der Waals surface area contributed by atoms with Gasteiger partial charge in [0, 0.05) is 12.6 Å². The Morgan fingerprint density at radius 3 is 2.73 bits per heavy atom. The Bertz CT molecular complexity index is 360. The molecule has 0 spiro atoms. The van der Waals surface area contributed by atoms with Gasteiger partial charge in [-0.25, -0.2) is 9.97 Å². The Kier molecular flexibility index (Phi) is 3.63. The second-order valence-corrected chi connectivity index (χ2v) is 4.83. The molecule has 0 bridgehead atoms. The van der Waals surface area contributed by atoms with E-state index < -0.39 is 0 Å². The van der Waals surface area contributed by atoms with Crippen LogP contribution in [0, 0.1) is 5.41 Å². The molecule has 0 unspecified atom stereocenters. The number of hydrogen-bond donors (Lipinski definition) is 1. The molecule has 0 radical (unpaired) electrons. The summed E-state index contributed by atoms with van der Waals surface area (Å²) in [6.07, 6.45) is 1.94. The van der Waals surface area contributed by atoms with Crippen LogP contribution in [0.4, 0.5) is 5.82 Å². The lowest BCUT2D eigenvalue weighted by atomic mass is 9.92. The molecule has 15 heavy (non-hydrogen) atoms. The molecule has 1 N–H and O–H groups in total. The van der Waals surface area contributed by atoms with Gasteiger partial charge >= 0.3 is 0 Å². The number of carbonyl (C=O) groups excluding carboxylic acids is 1. The minimum Gasteiger partial charge on any atom is -0.311 e. The highest BCUT2D eigenvalue weighted by atomic mass is 35.5. The second-order valence-electron chi connectivity index (χ2n) is 4.50. The van der Waals surface area contributed by atoms with E-state index in [4.69, 9.17) is 11.6 Å². The van der Waals surface area contributed by atoms with Crippen molar-refractivity contribution in [3.63, 3.8) is 0 Å². The smallest absolute Gasteiger partial charge is 0.226 e. The summed E-state index contributed by atoms with van der Waals surface area (Å²) in [5, 5.41) is 2.79. The van der Waals surface area contributed by atoms with Gasteiger partial charge in [0.1, 0.15) is 5.82 Å². The highest BCUT2D eigenvalue weighted by molar-refractivity contribution is 6.28. The first-order valence-corrected chi connectivity index (χ1v) is 5.03. The maximum atomic E-state index is 11.5. The number of anilines is 1. The molecule has 0 aliphatic heterocycles. The van der Waals surface area contributed by atoms with Crippen LogP contribution in [0.3, 0.4) is 0 Å². The molecular weight excluding hydrogens is 214 g/mol. The van der Waals surface area contributed by atoms with E-state index in [2.05, 4.69) is 15.3 Å². The molecule has 1 aromatic rings. The molecule has 0 fully saturated rings. The Balaban J connectivity index is 2.59. The Morgan fingerprint density at radius 1 is 1.53 bits per heavy atom. The fourth-order valence-electron chi connectivity index (χ4n) is 1.07. The first-order chi connectivity index (χ1) is 6.87. The van der Waals surface area contributed by atoms with Gasteiger partial charge in [0.05, 0.1) is 0 Å². The molecule has 5 heteroatoms. The van der Waals surface area contributed by atoms with Crippen LogP contribution >= 0.6 is 11.6 Å². The number of nitrogens with zero attached hydrogens (tertiary/aromatic N) is 2. The van der Waals surface area contributed by atoms with Crippen molar-refractivity contribution in [2.45, 2.75) is 27.2 Å². The number of hydrogen-bond acceptors (Lipinski definition) is 3. The average Bonchev–Trinajstić information content (AvgIpc) is 1.99. The third-order valence-electron chi connectivity index (χ3n) is 1.58. The molecule has 0 atom stereocenters. The molecule has 0 aliphatic carbocycles. The van der Waals surface area contributed by atoms with E-state index in [9.17, 15) is 4.79 Å². The lowest BCUT2D eigenvalue weighted by molar-refractivity contribution is -0.117. The van der Waals surface area contributed by atoms with Crippen LogP contribution in [0.5, 0.6) is 0 Å². The maximum Gasteiger partial charge on any atom is 0.226 e. The maximum absolute atomic E-state index is 11.5. The van der Waals surface area contributed by atoms with Crippen LogP contribution in [-0.2, 0) is 4.79 Å². The highest BCUT2D eigenvalue weighted by Gasteiger charge is 2.16. The number of nitrogens with one attached hydrogen (secondary N) is 1. The van der Waals surface area contributed by atoms with Gasteiger partial charge in [0.25, 0.3) is 0 Å². The third kappa shape index (κ3) is 4.74. The van der Waals surface area contributed by atoms with E-state index in [-0.39, 0.29) is 16.6 Å². The summed E-state index contributed by atoms with van der Waals surface area (Å²) in [6, 6.07) is 1.60. The molecule has 0 aliphatic rings. The zero-order valence-electron chi connectivity index (χ0n) is 9.04. The van der Waals surface area contributed by atoms with Gasteiger partial charge in [-0.2, -0.15) is 0 Å². The van der Waals surface area contributed by atoms with Gasteiger partial charge in [-0.05, 0) is 23.1 Å². The lowest BCUT2D eigenvalue weighted by Gasteiger charge is -2.16. The molecular formula is C10H14ClN3O. The van der Waals surface area contributed by atoms with Crippen molar-refractivity contribution >= 4 is 23.3 Å². The van der Waals surface area contributed by atoms with Crippen LogP contribution in [0.2, 0.25) is 5.28 Å². The van der Waals surface area contributed by atoms with E-state index in [1.165, 1.54) is 6.20 Å². The normalized spacial score (nSPS) is 11.2. The monoisotopic (exact) mass is 227 g/mol. The summed E-state index contributed by atoms with van der Waals surface area (Å²) in [6.45, 7) is 6.00. The van der Waals surface area contributed by atoms with E-state index in [0.717, 1.165) is 0 Å². The standard InChI is InChI=1S/C10H14ClN3O/c1-10(2,3)6-8(15)13-7-4-5-12-9(11)14-7/h4-5H,6H2,1-3H3,(H,12,13,14,15). The first-order valence-electron chi connectivity index (χ1n) is 4.65. The van der Waals surface area contributed by atoms with Gasteiger partial charge in [0.2, 0.25) is 11.2 Å². The van der Waals surface area contributed by atoms with Crippen molar-refractivity contribution < 1.29 is 4.79 Å². The van der Waals surface area contributed by atoms with Crippen LogP contribution < -0.4 is 5.32 Å². The van der Waals surface area contributed by atoms with Gasteiger partial charge in [0.15, 0.2) is 0 Å². The Morgan fingerprint density at radius 2 is 2.20 bits per heavy atom. The summed E-state index contributed by atoms with van der Waals surface area (Å²) < 4.78 is 0. The van der Waals surface area contributed by atoms with Crippen LogP contribution in [0.25, 0.3) is 0 Å². The average molecular weight is 228 g/mol. The molecule has 0 saturated heterocycles. The van der Waals surface area contributed by atoms with Gasteiger partial charge in [-0.15, -0.1) is 0 Å². The molecule has 0 aromatic carbocycles. The number of carbonyl (C=O) groups is 1. The van der Waals surface area contributed by atoms with Crippen LogP contribution in [0.1, 0.15) is 27.2 Å². The van der Waals surface area contributed by atoms with Crippen molar-refractivity contribution in [1.29, 1.82) is 0 Å². The molecule has 1 rings (SSSR count). The van der Waals surface area contributed by atoms with E-state index >= 15 is 0 Å². The quantitative estimate of drug-likeness (QED) is 0.790. The van der Waals surface area contributed by atoms with Crippen molar-refractivity contribution in [3.8, 4) is 0 Å². The predicted octanol–water partition coefficient (Wildman–Crippen LogP) is 2.50.